The fourth-order valence-electron chi connectivity index (χ4n) is 9.13. The van der Waals surface area contributed by atoms with E-state index >= 15 is 0 Å². The Bertz CT molecular complexity index is 3010. The minimum Gasteiger partial charge on any atom is -0.247 e. The third-order valence-electron chi connectivity index (χ3n) is 11.5. The quantitative estimate of drug-likeness (QED) is 0.170. The van der Waals surface area contributed by atoms with Gasteiger partial charge in [-0.25, -0.2) is 4.98 Å². The zero-order chi connectivity index (χ0) is 34.9. The van der Waals surface area contributed by atoms with Crippen molar-refractivity contribution >= 4 is 43.2 Å². The van der Waals surface area contributed by atoms with Crippen molar-refractivity contribution in [3.05, 3.63) is 222 Å². The highest BCUT2D eigenvalue weighted by Gasteiger charge is 2.46. The molecule has 1 aromatic heterocycles. The molecule has 10 aromatic rings. The maximum atomic E-state index is 5.41. The molecule has 11 rings (SSSR count). The monoisotopic (exact) mass is 671 g/mol. The molecule has 53 heavy (non-hydrogen) atoms. The predicted molar refractivity (Wildman–Crippen MR) is 222 cm³/mol. The van der Waals surface area contributed by atoms with Crippen molar-refractivity contribution < 1.29 is 0 Å². The average molecular weight is 672 g/mol. The van der Waals surface area contributed by atoms with Gasteiger partial charge in [-0.2, -0.15) is 0 Å². The highest BCUT2D eigenvalue weighted by molar-refractivity contribution is 6.23. The van der Waals surface area contributed by atoms with E-state index in [-0.39, 0.29) is 0 Å². The smallest absolute Gasteiger partial charge is 0.0788 e. The van der Waals surface area contributed by atoms with Gasteiger partial charge in [-0.05, 0) is 90.3 Å². The van der Waals surface area contributed by atoms with Crippen molar-refractivity contribution in [1.29, 1.82) is 0 Å². The van der Waals surface area contributed by atoms with Gasteiger partial charge < -0.3 is 0 Å². The van der Waals surface area contributed by atoms with Gasteiger partial charge in [0.15, 0.2) is 0 Å². The number of fused-ring (bicyclic) bond motifs is 9. The average Bonchev–Trinajstić information content (AvgIpc) is 3.54. The summed E-state index contributed by atoms with van der Waals surface area (Å²) < 4.78 is 0. The lowest BCUT2D eigenvalue weighted by atomic mass is 9.67. The molecule has 0 atom stereocenters. The number of hydrogen-bond acceptors (Lipinski definition) is 1. The van der Waals surface area contributed by atoms with E-state index < -0.39 is 5.41 Å². The number of hydrogen-bond donors (Lipinski definition) is 0. The van der Waals surface area contributed by atoms with Gasteiger partial charge in [0, 0.05) is 21.7 Å². The minimum absolute atomic E-state index is 0.444. The first kappa shape index (κ1) is 29.9. The van der Waals surface area contributed by atoms with Crippen molar-refractivity contribution in [2.75, 3.05) is 0 Å². The van der Waals surface area contributed by atoms with Crippen LogP contribution in [0.25, 0.3) is 76.7 Å². The Hall–Kier alpha value is -6.83. The van der Waals surface area contributed by atoms with E-state index in [0.29, 0.717) is 0 Å². The molecule has 0 N–H and O–H groups in total. The van der Waals surface area contributed by atoms with Gasteiger partial charge in [0.05, 0.1) is 16.6 Å². The standard InChI is InChI=1S/C52H33N/c1-3-16-40(17-4-1)52(41-18-5-2-6-19-41)47-22-12-11-21-43(47)44-28-26-38(33-48(44)52)37-27-30-49-46(32-37)50-42-20-10-9-14-35(42)25-29-45(50)51(53-49)39-24-23-34-13-7-8-15-36(34)31-39/h1-33H. The fraction of sp³-hybridized carbons (Fsp3) is 0.0192. The molecule has 9 aromatic carbocycles. The lowest BCUT2D eigenvalue weighted by Crippen LogP contribution is -2.28. The van der Waals surface area contributed by atoms with Crippen molar-refractivity contribution in [3.63, 3.8) is 0 Å². The van der Waals surface area contributed by atoms with Gasteiger partial charge in [0.1, 0.15) is 0 Å². The lowest BCUT2D eigenvalue weighted by Gasteiger charge is -2.34. The van der Waals surface area contributed by atoms with E-state index in [4.69, 9.17) is 4.98 Å². The highest BCUT2D eigenvalue weighted by Crippen LogP contribution is 2.56. The van der Waals surface area contributed by atoms with Crippen LogP contribution in [0.15, 0.2) is 200 Å². The van der Waals surface area contributed by atoms with Gasteiger partial charge >= 0.3 is 0 Å². The van der Waals surface area contributed by atoms with E-state index in [9.17, 15) is 0 Å². The molecule has 0 bridgehead atoms. The summed E-state index contributed by atoms with van der Waals surface area (Å²) >= 11 is 0. The number of rotatable bonds is 4. The summed E-state index contributed by atoms with van der Waals surface area (Å²) in [6.45, 7) is 0. The van der Waals surface area contributed by atoms with Crippen LogP contribution in [0.3, 0.4) is 0 Å². The van der Waals surface area contributed by atoms with Crippen molar-refractivity contribution in [3.8, 4) is 33.5 Å². The third kappa shape index (κ3) is 4.41. The maximum Gasteiger partial charge on any atom is 0.0788 e. The SMILES string of the molecule is c1ccc(C2(c3ccccc3)c3ccccc3-c3ccc(-c4ccc5nc(-c6ccc7ccccc7c6)c6ccc7ccccc7c6c5c4)cc32)cc1. The second-order valence-electron chi connectivity index (χ2n) is 14.3. The number of pyridine rings is 1. The van der Waals surface area contributed by atoms with E-state index in [1.165, 1.54) is 82.2 Å². The molecule has 1 aliphatic carbocycles. The summed E-state index contributed by atoms with van der Waals surface area (Å²) in [4.78, 5) is 5.41. The lowest BCUT2D eigenvalue weighted by molar-refractivity contribution is 0.769. The molecule has 246 valence electrons. The summed E-state index contributed by atoms with van der Waals surface area (Å²) in [6, 6.07) is 73.5. The second-order valence-corrected chi connectivity index (χ2v) is 14.3. The van der Waals surface area contributed by atoms with Crippen LogP contribution < -0.4 is 0 Å². The Labute approximate surface area is 308 Å². The summed E-state index contributed by atoms with van der Waals surface area (Å²) in [5.41, 5.74) is 12.8. The van der Waals surface area contributed by atoms with Crippen LogP contribution in [0.2, 0.25) is 0 Å². The molecule has 1 heterocycles. The Kier molecular flexibility index (Phi) is 6.53. The van der Waals surface area contributed by atoms with Crippen LogP contribution in [-0.4, -0.2) is 4.98 Å². The van der Waals surface area contributed by atoms with Crippen LogP contribution in [0.4, 0.5) is 0 Å². The maximum absolute atomic E-state index is 5.41. The Morgan fingerprint density at radius 2 is 0.943 bits per heavy atom. The second kappa shape index (κ2) is 11.6. The third-order valence-corrected chi connectivity index (χ3v) is 11.5. The van der Waals surface area contributed by atoms with Crippen molar-refractivity contribution in [2.24, 2.45) is 0 Å². The van der Waals surface area contributed by atoms with E-state index in [0.717, 1.165) is 16.8 Å². The summed E-state index contributed by atoms with van der Waals surface area (Å²) in [5, 5.41) is 8.51. The van der Waals surface area contributed by atoms with E-state index in [1.807, 2.05) is 0 Å². The molecule has 0 amide bonds. The van der Waals surface area contributed by atoms with Crippen LogP contribution in [-0.2, 0) is 5.41 Å². The molecule has 0 saturated heterocycles. The van der Waals surface area contributed by atoms with Crippen LogP contribution in [0.5, 0.6) is 0 Å². The van der Waals surface area contributed by atoms with E-state index in [2.05, 4.69) is 200 Å². The normalized spacial score (nSPS) is 13.1. The minimum atomic E-state index is -0.444. The topological polar surface area (TPSA) is 12.9 Å². The molecule has 0 fully saturated rings. The van der Waals surface area contributed by atoms with Crippen LogP contribution >= 0.6 is 0 Å². The first-order valence-corrected chi connectivity index (χ1v) is 18.4. The number of nitrogens with zero attached hydrogens (tertiary/aromatic N) is 1. The van der Waals surface area contributed by atoms with Gasteiger partial charge in [-0.15, -0.1) is 0 Å². The van der Waals surface area contributed by atoms with Gasteiger partial charge in [-0.1, -0.05) is 176 Å². The molecule has 0 aliphatic heterocycles. The molecule has 0 spiro atoms. The highest BCUT2D eigenvalue weighted by atomic mass is 14.7. The Morgan fingerprint density at radius 3 is 1.75 bits per heavy atom. The first-order chi connectivity index (χ1) is 26.3. The molecule has 1 nitrogen and oxygen atoms in total. The number of aromatic nitrogens is 1. The molecule has 0 saturated carbocycles. The van der Waals surface area contributed by atoms with Gasteiger partial charge in [0.2, 0.25) is 0 Å². The fourth-order valence-corrected chi connectivity index (χ4v) is 9.13. The van der Waals surface area contributed by atoms with Gasteiger partial charge in [-0.3, -0.25) is 0 Å². The summed E-state index contributed by atoms with van der Waals surface area (Å²) in [5.74, 6) is 0. The predicted octanol–water partition coefficient (Wildman–Crippen LogP) is 13.4. The zero-order valence-electron chi connectivity index (χ0n) is 29.0. The Morgan fingerprint density at radius 1 is 0.340 bits per heavy atom. The van der Waals surface area contributed by atoms with Crippen molar-refractivity contribution in [2.45, 2.75) is 5.41 Å². The molecule has 0 radical (unpaired) electrons. The molecular formula is C52H33N. The van der Waals surface area contributed by atoms with Crippen LogP contribution in [0, 0.1) is 0 Å². The van der Waals surface area contributed by atoms with Crippen LogP contribution in [0.1, 0.15) is 22.3 Å². The van der Waals surface area contributed by atoms with Gasteiger partial charge in [0.25, 0.3) is 0 Å². The largest absolute Gasteiger partial charge is 0.247 e. The Balaban J connectivity index is 1.17. The summed E-state index contributed by atoms with van der Waals surface area (Å²) in [7, 11) is 0. The number of benzene rings is 9. The van der Waals surface area contributed by atoms with E-state index in [1.54, 1.807) is 0 Å². The zero-order valence-corrected chi connectivity index (χ0v) is 29.0. The molecule has 0 unspecified atom stereocenters. The molecular weight excluding hydrogens is 639 g/mol. The molecule has 1 aliphatic rings. The molecule has 1 heteroatoms. The first-order valence-electron chi connectivity index (χ1n) is 18.4. The summed E-state index contributed by atoms with van der Waals surface area (Å²) in [6.07, 6.45) is 0. The van der Waals surface area contributed by atoms with Crippen molar-refractivity contribution in [1.82, 2.24) is 4.98 Å².